The number of aromatic carboxylic acids is 1. The van der Waals surface area contributed by atoms with Crippen molar-refractivity contribution in [2.75, 3.05) is 18.8 Å². The SMILES string of the molecule is CCCCN(CC)Cc1cccc(N)c1C(=O)O. The number of carboxylic acids is 1. The first kappa shape index (κ1) is 14.5. The highest BCUT2D eigenvalue weighted by Gasteiger charge is 2.15. The minimum absolute atomic E-state index is 0.243. The average molecular weight is 250 g/mol. The summed E-state index contributed by atoms with van der Waals surface area (Å²) in [5.74, 6) is -0.949. The highest BCUT2D eigenvalue weighted by molar-refractivity contribution is 5.95. The first-order chi connectivity index (χ1) is 8.60. The van der Waals surface area contributed by atoms with Crippen LogP contribution in [0.25, 0.3) is 0 Å². The van der Waals surface area contributed by atoms with E-state index in [-0.39, 0.29) is 5.56 Å². The lowest BCUT2D eigenvalue weighted by molar-refractivity contribution is 0.0695. The molecule has 1 rings (SSSR count). The number of nitrogen functional groups attached to an aromatic ring is 1. The molecule has 0 atom stereocenters. The van der Waals surface area contributed by atoms with Gasteiger partial charge in [-0.15, -0.1) is 0 Å². The largest absolute Gasteiger partial charge is 0.478 e. The first-order valence-electron chi connectivity index (χ1n) is 6.43. The molecule has 0 saturated carbocycles. The molecule has 0 spiro atoms. The third kappa shape index (κ3) is 3.74. The Hall–Kier alpha value is -1.55. The number of unbranched alkanes of at least 4 members (excludes halogenated alkanes) is 1. The van der Waals surface area contributed by atoms with Crippen molar-refractivity contribution in [2.24, 2.45) is 0 Å². The van der Waals surface area contributed by atoms with Crippen LogP contribution in [0, 0.1) is 0 Å². The average Bonchev–Trinajstić information content (AvgIpc) is 2.33. The summed E-state index contributed by atoms with van der Waals surface area (Å²) in [6, 6.07) is 5.29. The molecule has 0 unspecified atom stereocenters. The van der Waals surface area contributed by atoms with Crippen molar-refractivity contribution < 1.29 is 9.90 Å². The number of hydrogen-bond acceptors (Lipinski definition) is 3. The molecule has 0 radical (unpaired) electrons. The Kier molecular flexibility index (Phi) is 5.65. The highest BCUT2D eigenvalue weighted by Crippen LogP contribution is 2.19. The molecular weight excluding hydrogens is 228 g/mol. The summed E-state index contributed by atoms with van der Waals surface area (Å²) < 4.78 is 0. The maximum absolute atomic E-state index is 11.2. The van der Waals surface area contributed by atoms with E-state index in [1.165, 1.54) is 0 Å². The van der Waals surface area contributed by atoms with Crippen molar-refractivity contribution in [3.63, 3.8) is 0 Å². The number of anilines is 1. The molecule has 100 valence electrons. The molecular formula is C14H22N2O2. The number of nitrogens with two attached hydrogens (primary N) is 1. The number of carboxylic acid groups (broad SMARTS) is 1. The van der Waals surface area contributed by atoms with Gasteiger partial charge in [0.2, 0.25) is 0 Å². The molecule has 1 aromatic rings. The molecule has 0 saturated heterocycles. The molecule has 4 nitrogen and oxygen atoms in total. The van der Waals surface area contributed by atoms with E-state index in [9.17, 15) is 9.90 Å². The van der Waals surface area contributed by atoms with Gasteiger partial charge in [-0.25, -0.2) is 4.79 Å². The summed E-state index contributed by atoms with van der Waals surface area (Å²) in [5.41, 5.74) is 7.11. The van der Waals surface area contributed by atoms with Crippen LogP contribution in [0.15, 0.2) is 18.2 Å². The Balaban J connectivity index is 2.88. The van der Waals surface area contributed by atoms with Crippen LogP contribution >= 0.6 is 0 Å². The molecule has 0 aliphatic rings. The summed E-state index contributed by atoms with van der Waals surface area (Å²) in [7, 11) is 0. The Morgan fingerprint density at radius 2 is 2.11 bits per heavy atom. The van der Waals surface area contributed by atoms with E-state index in [1.807, 2.05) is 12.1 Å². The Morgan fingerprint density at radius 1 is 1.39 bits per heavy atom. The molecule has 0 aliphatic heterocycles. The molecule has 0 fully saturated rings. The van der Waals surface area contributed by atoms with Gasteiger partial charge in [0, 0.05) is 12.2 Å². The summed E-state index contributed by atoms with van der Waals surface area (Å²) in [5, 5.41) is 9.21. The van der Waals surface area contributed by atoms with Gasteiger partial charge >= 0.3 is 5.97 Å². The van der Waals surface area contributed by atoms with Crippen molar-refractivity contribution in [1.82, 2.24) is 4.90 Å². The van der Waals surface area contributed by atoms with Gasteiger partial charge in [-0.1, -0.05) is 32.4 Å². The van der Waals surface area contributed by atoms with E-state index < -0.39 is 5.97 Å². The number of rotatable bonds is 7. The van der Waals surface area contributed by atoms with Gasteiger partial charge in [0.05, 0.1) is 5.56 Å². The molecule has 0 amide bonds. The predicted molar refractivity (Wildman–Crippen MR) is 73.7 cm³/mol. The van der Waals surface area contributed by atoms with Crippen molar-refractivity contribution >= 4 is 11.7 Å². The topological polar surface area (TPSA) is 66.6 Å². The molecule has 0 aliphatic carbocycles. The monoisotopic (exact) mass is 250 g/mol. The molecule has 3 N–H and O–H groups in total. The summed E-state index contributed by atoms with van der Waals surface area (Å²) in [4.78, 5) is 13.5. The van der Waals surface area contributed by atoms with Crippen LogP contribution in [-0.2, 0) is 6.54 Å². The molecule has 0 heterocycles. The number of nitrogens with zero attached hydrogens (tertiary/aromatic N) is 1. The van der Waals surface area contributed by atoms with Gasteiger partial charge in [0.15, 0.2) is 0 Å². The molecule has 1 aromatic carbocycles. The smallest absolute Gasteiger partial charge is 0.338 e. The molecule has 4 heteroatoms. The molecule has 0 aromatic heterocycles. The van der Waals surface area contributed by atoms with Gasteiger partial charge < -0.3 is 10.8 Å². The molecule has 18 heavy (non-hydrogen) atoms. The minimum atomic E-state index is -0.949. The van der Waals surface area contributed by atoms with Crippen molar-refractivity contribution in [1.29, 1.82) is 0 Å². The van der Waals surface area contributed by atoms with E-state index in [0.717, 1.165) is 31.5 Å². The van der Waals surface area contributed by atoms with E-state index in [1.54, 1.807) is 6.07 Å². The lowest BCUT2D eigenvalue weighted by Crippen LogP contribution is -2.25. The van der Waals surface area contributed by atoms with E-state index in [2.05, 4.69) is 18.7 Å². The van der Waals surface area contributed by atoms with Gasteiger partial charge in [-0.05, 0) is 31.1 Å². The van der Waals surface area contributed by atoms with Crippen molar-refractivity contribution in [3.05, 3.63) is 29.3 Å². The van der Waals surface area contributed by atoms with Crippen LogP contribution in [0.1, 0.15) is 42.6 Å². The summed E-state index contributed by atoms with van der Waals surface area (Å²) in [6.45, 7) is 6.78. The highest BCUT2D eigenvalue weighted by atomic mass is 16.4. The van der Waals surface area contributed by atoms with E-state index in [0.29, 0.717) is 12.2 Å². The van der Waals surface area contributed by atoms with Crippen LogP contribution < -0.4 is 5.73 Å². The standard InChI is InChI=1S/C14H22N2O2/c1-3-5-9-16(4-2)10-11-7-6-8-12(15)13(11)14(17)18/h6-8H,3-5,9-10,15H2,1-2H3,(H,17,18). The van der Waals surface area contributed by atoms with Crippen molar-refractivity contribution in [2.45, 2.75) is 33.2 Å². The van der Waals surface area contributed by atoms with Crippen LogP contribution in [-0.4, -0.2) is 29.1 Å². The fourth-order valence-corrected chi connectivity index (χ4v) is 1.98. The van der Waals surface area contributed by atoms with Gasteiger partial charge in [-0.2, -0.15) is 0 Å². The summed E-state index contributed by atoms with van der Waals surface area (Å²) in [6.07, 6.45) is 2.26. The van der Waals surface area contributed by atoms with E-state index in [4.69, 9.17) is 5.73 Å². The maximum atomic E-state index is 11.2. The second-order valence-corrected chi connectivity index (χ2v) is 4.41. The first-order valence-corrected chi connectivity index (χ1v) is 6.43. The minimum Gasteiger partial charge on any atom is -0.478 e. The maximum Gasteiger partial charge on any atom is 0.338 e. The van der Waals surface area contributed by atoms with Gasteiger partial charge in [-0.3, -0.25) is 4.90 Å². The fourth-order valence-electron chi connectivity index (χ4n) is 1.98. The Bertz CT molecular complexity index is 405. The molecule has 0 bridgehead atoms. The Labute approximate surface area is 108 Å². The quantitative estimate of drug-likeness (QED) is 0.730. The zero-order valence-electron chi connectivity index (χ0n) is 11.1. The van der Waals surface area contributed by atoms with Crippen LogP contribution in [0.5, 0.6) is 0 Å². The van der Waals surface area contributed by atoms with Crippen LogP contribution in [0.3, 0.4) is 0 Å². The normalized spacial score (nSPS) is 10.8. The Morgan fingerprint density at radius 3 is 2.67 bits per heavy atom. The third-order valence-electron chi connectivity index (χ3n) is 3.07. The second kappa shape index (κ2) is 7.01. The van der Waals surface area contributed by atoms with Crippen LogP contribution in [0.4, 0.5) is 5.69 Å². The summed E-state index contributed by atoms with van der Waals surface area (Å²) >= 11 is 0. The van der Waals surface area contributed by atoms with Gasteiger partial charge in [0.1, 0.15) is 0 Å². The lowest BCUT2D eigenvalue weighted by atomic mass is 10.0. The number of benzene rings is 1. The zero-order chi connectivity index (χ0) is 13.5. The van der Waals surface area contributed by atoms with Crippen molar-refractivity contribution in [3.8, 4) is 0 Å². The van der Waals surface area contributed by atoms with Crippen LogP contribution in [0.2, 0.25) is 0 Å². The predicted octanol–water partition coefficient (Wildman–Crippen LogP) is 2.59. The fraction of sp³-hybridized carbons (Fsp3) is 0.500. The van der Waals surface area contributed by atoms with Gasteiger partial charge in [0.25, 0.3) is 0 Å². The second-order valence-electron chi connectivity index (χ2n) is 4.41. The lowest BCUT2D eigenvalue weighted by Gasteiger charge is -2.21. The number of hydrogen-bond donors (Lipinski definition) is 2. The van der Waals surface area contributed by atoms with E-state index >= 15 is 0 Å². The third-order valence-corrected chi connectivity index (χ3v) is 3.07. The number of carbonyl (C=O) groups is 1. The zero-order valence-corrected chi connectivity index (χ0v) is 11.1.